The number of non-ortho nitro benzene ring substituents is 1. The van der Waals surface area contributed by atoms with Crippen LogP contribution >= 0.6 is 0 Å². The Kier molecular flexibility index (Phi) is 4.39. The average Bonchev–Trinajstić information content (AvgIpc) is 2.89. The lowest BCUT2D eigenvalue weighted by Crippen LogP contribution is -2.41. The van der Waals surface area contributed by atoms with Gasteiger partial charge in [0, 0.05) is 12.5 Å². The van der Waals surface area contributed by atoms with Gasteiger partial charge in [-0.2, -0.15) is 0 Å². The smallest absolute Gasteiger partial charge is 0.324 e. The number of carbonyl (C=O) groups excluding carboxylic acids is 2. The quantitative estimate of drug-likeness (QED) is 0.351. The highest BCUT2D eigenvalue weighted by Crippen LogP contribution is 2.44. The zero-order valence-corrected chi connectivity index (χ0v) is 12.3. The Morgan fingerprint density at radius 1 is 1.30 bits per heavy atom. The Balaban J connectivity index is 2.69. The summed E-state index contributed by atoms with van der Waals surface area (Å²) in [7, 11) is 0. The molecule has 0 aliphatic heterocycles. The molecule has 1 fully saturated rings. The molecule has 122 valence electrons. The van der Waals surface area contributed by atoms with Crippen molar-refractivity contribution in [2.45, 2.75) is 31.6 Å². The van der Waals surface area contributed by atoms with Crippen LogP contribution in [0.2, 0.25) is 0 Å². The molecule has 0 heterocycles. The third-order valence-electron chi connectivity index (χ3n) is 3.90. The fraction of sp³-hybridized carbons (Fsp3) is 0.429. The van der Waals surface area contributed by atoms with E-state index in [0.29, 0.717) is 6.42 Å². The molecule has 1 aliphatic carbocycles. The van der Waals surface area contributed by atoms with Crippen LogP contribution in [0.1, 0.15) is 31.7 Å². The highest BCUT2D eigenvalue weighted by atomic mass is 16.6. The average molecular weight is 322 g/mol. The molecule has 1 aromatic carbocycles. The molecular formula is C14H14N2O7. The number of esters is 1. The molecule has 0 spiro atoms. The topological polar surface area (TPSA) is 130 Å². The molecular weight excluding hydrogens is 308 g/mol. The number of hydrogen-bond acceptors (Lipinski definition) is 7. The third-order valence-corrected chi connectivity index (χ3v) is 3.90. The van der Waals surface area contributed by atoms with Gasteiger partial charge in [-0.05, 0) is 25.8 Å². The van der Waals surface area contributed by atoms with Crippen molar-refractivity contribution in [2.75, 3.05) is 6.61 Å². The molecule has 0 saturated heterocycles. The lowest BCUT2D eigenvalue weighted by Gasteiger charge is -2.25. The highest BCUT2D eigenvalue weighted by Gasteiger charge is 2.54. The Labute approximate surface area is 130 Å². The van der Waals surface area contributed by atoms with E-state index in [1.165, 1.54) is 0 Å². The molecule has 9 nitrogen and oxygen atoms in total. The summed E-state index contributed by atoms with van der Waals surface area (Å²) in [4.78, 5) is 45.2. The minimum Gasteiger partial charge on any atom is -0.465 e. The maximum atomic E-state index is 12.4. The lowest BCUT2D eigenvalue weighted by atomic mass is 9.77. The molecule has 0 N–H and O–H groups in total. The van der Waals surface area contributed by atoms with Crippen molar-refractivity contribution in [1.29, 1.82) is 0 Å². The van der Waals surface area contributed by atoms with Crippen LogP contribution in [-0.2, 0) is 19.7 Å². The van der Waals surface area contributed by atoms with Gasteiger partial charge in [-0.15, -0.1) is 0 Å². The Hall–Kier alpha value is -2.84. The zero-order valence-electron chi connectivity index (χ0n) is 12.3. The summed E-state index contributed by atoms with van der Waals surface area (Å²) < 4.78 is 4.95. The molecule has 0 bridgehead atoms. The van der Waals surface area contributed by atoms with Crippen LogP contribution in [0.4, 0.5) is 11.4 Å². The molecule has 1 atom stereocenters. The van der Waals surface area contributed by atoms with Gasteiger partial charge in [0.25, 0.3) is 11.4 Å². The van der Waals surface area contributed by atoms with Crippen molar-refractivity contribution in [3.8, 4) is 0 Å². The van der Waals surface area contributed by atoms with Gasteiger partial charge in [-0.3, -0.25) is 29.8 Å². The van der Waals surface area contributed by atoms with Crippen LogP contribution in [0.5, 0.6) is 0 Å². The largest absolute Gasteiger partial charge is 0.465 e. The van der Waals surface area contributed by atoms with Crippen molar-refractivity contribution in [2.24, 2.45) is 0 Å². The first-order valence-electron chi connectivity index (χ1n) is 6.98. The Morgan fingerprint density at radius 2 is 2.00 bits per heavy atom. The number of nitrogens with zero attached hydrogens (tertiary/aromatic N) is 2. The summed E-state index contributed by atoms with van der Waals surface area (Å²) >= 11 is 0. The van der Waals surface area contributed by atoms with E-state index in [2.05, 4.69) is 0 Å². The highest BCUT2D eigenvalue weighted by molar-refractivity contribution is 6.11. The number of benzene rings is 1. The predicted octanol–water partition coefficient (Wildman–Crippen LogP) is 2.06. The van der Waals surface area contributed by atoms with Crippen LogP contribution in [0.25, 0.3) is 0 Å². The molecule has 2 rings (SSSR count). The normalized spacial score (nSPS) is 20.3. The van der Waals surface area contributed by atoms with E-state index in [0.717, 1.165) is 18.2 Å². The molecule has 9 heteroatoms. The third kappa shape index (κ3) is 2.65. The van der Waals surface area contributed by atoms with Gasteiger partial charge in [-0.25, -0.2) is 0 Å². The van der Waals surface area contributed by atoms with E-state index >= 15 is 0 Å². The molecule has 0 amide bonds. The molecule has 0 radical (unpaired) electrons. The number of Topliss-reactive ketones (excluding diaryl/α,β-unsaturated/α-hetero) is 1. The number of hydrogen-bond donors (Lipinski definition) is 0. The summed E-state index contributed by atoms with van der Waals surface area (Å²) in [5.41, 5.74) is -3.01. The van der Waals surface area contributed by atoms with Crippen LogP contribution in [0, 0.1) is 20.2 Å². The van der Waals surface area contributed by atoms with Gasteiger partial charge >= 0.3 is 5.97 Å². The van der Waals surface area contributed by atoms with Gasteiger partial charge in [0.2, 0.25) is 0 Å². The van der Waals surface area contributed by atoms with Crippen molar-refractivity contribution >= 4 is 23.1 Å². The maximum absolute atomic E-state index is 12.4. The van der Waals surface area contributed by atoms with Crippen LogP contribution in [0.3, 0.4) is 0 Å². The van der Waals surface area contributed by atoms with E-state index in [1.54, 1.807) is 6.92 Å². The molecule has 1 aliphatic rings. The second-order valence-corrected chi connectivity index (χ2v) is 5.12. The summed E-state index contributed by atoms with van der Waals surface area (Å²) in [6, 6.07) is 2.92. The lowest BCUT2D eigenvalue weighted by molar-refractivity contribution is -0.394. The standard InChI is InChI=1S/C14H14N2O7/c1-2-23-13(18)14(7-3-4-12(14)17)10-6-5-9(15(19)20)8-11(10)16(21)22/h5-6,8H,2-4,7H2,1H3/t14-/m1/s1. The minimum atomic E-state index is -1.76. The SMILES string of the molecule is CCOC(=O)[C@@]1(c2ccc([N+](=O)[O-])cc2[N+](=O)[O-])CCCC1=O. The van der Waals surface area contributed by atoms with E-state index in [1.807, 2.05) is 0 Å². The van der Waals surface area contributed by atoms with Crippen LogP contribution < -0.4 is 0 Å². The van der Waals surface area contributed by atoms with Crippen LogP contribution in [-0.4, -0.2) is 28.2 Å². The monoisotopic (exact) mass is 322 g/mol. The van der Waals surface area contributed by atoms with E-state index in [9.17, 15) is 29.8 Å². The fourth-order valence-electron chi connectivity index (χ4n) is 2.88. The molecule has 1 saturated carbocycles. The predicted molar refractivity (Wildman–Crippen MR) is 76.9 cm³/mol. The van der Waals surface area contributed by atoms with Crippen molar-refractivity contribution in [3.05, 3.63) is 44.0 Å². The van der Waals surface area contributed by atoms with Gasteiger partial charge in [0.15, 0.2) is 11.2 Å². The first kappa shape index (κ1) is 16.5. The first-order chi connectivity index (χ1) is 10.8. The number of ketones is 1. The summed E-state index contributed by atoms with van der Waals surface area (Å²) in [5, 5.41) is 22.1. The number of nitro groups is 2. The van der Waals surface area contributed by atoms with Crippen molar-refractivity contribution in [1.82, 2.24) is 0 Å². The zero-order chi connectivity index (χ0) is 17.2. The van der Waals surface area contributed by atoms with E-state index < -0.39 is 38.4 Å². The van der Waals surface area contributed by atoms with Gasteiger partial charge in [0.1, 0.15) is 0 Å². The summed E-state index contributed by atoms with van der Waals surface area (Å²) in [6.07, 6.45) is 0.585. The maximum Gasteiger partial charge on any atom is 0.324 e. The molecule has 23 heavy (non-hydrogen) atoms. The Morgan fingerprint density at radius 3 is 2.48 bits per heavy atom. The second kappa shape index (κ2) is 6.11. The number of nitro benzene ring substituents is 2. The van der Waals surface area contributed by atoms with Gasteiger partial charge in [-0.1, -0.05) is 0 Å². The van der Waals surface area contributed by atoms with Gasteiger partial charge in [0.05, 0.1) is 28.1 Å². The first-order valence-corrected chi connectivity index (χ1v) is 6.98. The van der Waals surface area contributed by atoms with Crippen molar-refractivity contribution in [3.63, 3.8) is 0 Å². The Bertz CT molecular complexity index is 700. The summed E-state index contributed by atoms with van der Waals surface area (Å²) in [6.45, 7) is 1.59. The second-order valence-electron chi connectivity index (χ2n) is 5.12. The fourth-order valence-corrected chi connectivity index (χ4v) is 2.88. The summed E-state index contributed by atoms with van der Waals surface area (Å²) in [5.74, 6) is -1.31. The molecule has 1 aromatic rings. The van der Waals surface area contributed by atoms with Crippen LogP contribution in [0.15, 0.2) is 18.2 Å². The number of carbonyl (C=O) groups is 2. The number of rotatable bonds is 5. The van der Waals surface area contributed by atoms with Gasteiger partial charge < -0.3 is 4.74 Å². The molecule has 0 unspecified atom stereocenters. The minimum absolute atomic E-state index is 0.0225. The molecule has 0 aromatic heterocycles. The van der Waals surface area contributed by atoms with Crippen molar-refractivity contribution < 1.29 is 24.2 Å². The number of ether oxygens (including phenoxy) is 1. The van der Waals surface area contributed by atoms with E-state index in [4.69, 9.17) is 4.74 Å². The van der Waals surface area contributed by atoms with E-state index in [-0.39, 0.29) is 25.0 Å².